The minimum Gasteiger partial charge on any atom is -0.548 e. The van der Waals surface area contributed by atoms with Crippen molar-refractivity contribution in [3.05, 3.63) is 34.9 Å². The Hall–Kier alpha value is -0.0600. The molecule has 0 saturated carbocycles. The average Bonchev–Trinajstić information content (AvgIpc) is 2.04. The quantitative estimate of drug-likeness (QED) is 0.529. The van der Waals surface area contributed by atoms with E-state index in [0.717, 1.165) is 0 Å². The summed E-state index contributed by atoms with van der Waals surface area (Å²) in [5.41, 5.74) is 5.77. The van der Waals surface area contributed by atoms with Gasteiger partial charge in [-0.15, -0.1) is 0 Å². The molecule has 0 bridgehead atoms. The number of aliphatic carboxylic acids is 1. The van der Waals surface area contributed by atoms with Crippen molar-refractivity contribution in [1.82, 2.24) is 0 Å². The van der Waals surface area contributed by atoms with Gasteiger partial charge in [-0.25, -0.2) is 0 Å². The SMILES string of the molecule is NC(C(=O)[O-])c1ccc(Cl)cc1.[Na+]. The number of carboxylic acid groups (broad SMARTS) is 1. The van der Waals surface area contributed by atoms with Gasteiger partial charge in [0.2, 0.25) is 0 Å². The fraction of sp³-hybridized carbons (Fsp3) is 0.125. The van der Waals surface area contributed by atoms with Crippen LogP contribution in [0.3, 0.4) is 0 Å². The summed E-state index contributed by atoms with van der Waals surface area (Å²) in [6, 6.07) is 5.20. The molecule has 1 aromatic carbocycles. The predicted octanol–water partition coefficient (Wildman–Crippen LogP) is -2.91. The number of carbonyl (C=O) groups excluding carboxylic acids is 1. The van der Waals surface area contributed by atoms with E-state index in [0.29, 0.717) is 10.6 Å². The molecule has 0 fully saturated rings. The van der Waals surface area contributed by atoms with Crippen LogP contribution >= 0.6 is 11.6 Å². The van der Waals surface area contributed by atoms with Gasteiger partial charge in [0, 0.05) is 5.02 Å². The van der Waals surface area contributed by atoms with Crippen molar-refractivity contribution in [3.63, 3.8) is 0 Å². The number of halogens is 1. The van der Waals surface area contributed by atoms with Crippen molar-refractivity contribution in [2.45, 2.75) is 6.04 Å². The third-order valence-electron chi connectivity index (χ3n) is 1.48. The van der Waals surface area contributed by atoms with Crippen molar-refractivity contribution in [3.8, 4) is 0 Å². The molecular formula is C8H7ClNNaO2. The Labute approximate surface area is 103 Å². The molecule has 3 nitrogen and oxygen atoms in total. The Morgan fingerprint density at radius 1 is 1.38 bits per heavy atom. The Balaban J connectivity index is 0.00000144. The minimum absolute atomic E-state index is 0. The zero-order valence-corrected chi connectivity index (χ0v) is 9.91. The summed E-state index contributed by atoms with van der Waals surface area (Å²) >= 11 is 5.59. The second-order valence-electron chi connectivity index (χ2n) is 2.35. The van der Waals surface area contributed by atoms with Crippen LogP contribution in [0, 0.1) is 0 Å². The largest absolute Gasteiger partial charge is 1.00 e. The van der Waals surface area contributed by atoms with Gasteiger partial charge in [-0.3, -0.25) is 0 Å². The third kappa shape index (κ3) is 3.67. The molecule has 1 rings (SSSR count). The second-order valence-corrected chi connectivity index (χ2v) is 2.78. The fourth-order valence-electron chi connectivity index (χ4n) is 0.806. The van der Waals surface area contributed by atoms with Crippen LogP contribution in [0.4, 0.5) is 0 Å². The summed E-state index contributed by atoms with van der Waals surface area (Å²) in [6.07, 6.45) is 0. The molecule has 0 aliphatic carbocycles. The van der Waals surface area contributed by atoms with E-state index in [1.165, 1.54) is 0 Å². The standard InChI is InChI=1S/C8H8ClNO2.Na/c9-6-3-1-5(2-4-6)7(10)8(11)12;/h1-4,7H,10H2,(H,11,12);/q;+1/p-1. The van der Waals surface area contributed by atoms with Crippen LogP contribution in [0.2, 0.25) is 5.02 Å². The first-order chi connectivity index (χ1) is 5.61. The zero-order chi connectivity index (χ0) is 9.14. The van der Waals surface area contributed by atoms with E-state index >= 15 is 0 Å². The topological polar surface area (TPSA) is 66.2 Å². The molecule has 64 valence electrons. The molecule has 0 saturated heterocycles. The maximum atomic E-state index is 10.3. The molecule has 1 aromatic rings. The van der Waals surface area contributed by atoms with Crippen LogP contribution in [0.25, 0.3) is 0 Å². The number of carboxylic acids is 1. The van der Waals surface area contributed by atoms with Gasteiger partial charge in [0.15, 0.2) is 0 Å². The van der Waals surface area contributed by atoms with E-state index in [1.54, 1.807) is 24.3 Å². The molecule has 5 heteroatoms. The van der Waals surface area contributed by atoms with Gasteiger partial charge in [0.05, 0.1) is 12.0 Å². The van der Waals surface area contributed by atoms with E-state index in [1.807, 2.05) is 0 Å². The van der Waals surface area contributed by atoms with Crippen LogP contribution < -0.4 is 40.4 Å². The Morgan fingerprint density at radius 3 is 2.23 bits per heavy atom. The zero-order valence-electron chi connectivity index (χ0n) is 7.16. The molecule has 0 aliphatic heterocycles. The molecule has 2 N–H and O–H groups in total. The van der Waals surface area contributed by atoms with Gasteiger partial charge in [0.25, 0.3) is 0 Å². The Kier molecular flexibility index (Phi) is 5.60. The Bertz CT molecular complexity index is 289. The average molecular weight is 208 g/mol. The normalized spacial score (nSPS) is 11.5. The summed E-state index contributed by atoms with van der Waals surface area (Å²) in [7, 11) is 0. The fourth-order valence-corrected chi connectivity index (χ4v) is 0.932. The van der Waals surface area contributed by atoms with Gasteiger partial charge in [-0.1, -0.05) is 23.7 Å². The van der Waals surface area contributed by atoms with E-state index in [2.05, 4.69) is 0 Å². The van der Waals surface area contributed by atoms with Crippen molar-refractivity contribution < 1.29 is 39.5 Å². The van der Waals surface area contributed by atoms with E-state index in [4.69, 9.17) is 17.3 Å². The van der Waals surface area contributed by atoms with Crippen molar-refractivity contribution in [2.24, 2.45) is 5.73 Å². The molecule has 0 heterocycles. The van der Waals surface area contributed by atoms with Crippen molar-refractivity contribution in [2.75, 3.05) is 0 Å². The number of benzene rings is 1. The van der Waals surface area contributed by atoms with Crippen LogP contribution in [-0.2, 0) is 4.79 Å². The molecule has 0 amide bonds. The minimum atomic E-state index is -1.29. The molecule has 0 aromatic heterocycles. The first kappa shape index (κ1) is 12.9. The van der Waals surface area contributed by atoms with Crippen molar-refractivity contribution >= 4 is 17.6 Å². The maximum absolute atomic E-state index is 10.3. The van der Waals surface area contributed by atoms with Crippen LogP contribution in [-0.4, -0.2) is 5.97 Å². The van der Waals surface area contributed by atoms with Gasteiger partial charge in [-0.05, 0) is 17.7 Å². The van der Waals surface area contributed by atoms with Crippen LogP contribution in [0.15, 0.2) is 24.3 Å². The first-order valence-corrected chi connectivity index (χ1v) is 3.71. The van der Waals surface area contributed by atoms with E-state index in [9.17, 15) is 9.90 Å². The molecular weight excluding hydrogens is 201 g/mol. The van der Waals surface area contributed by atoms with Gasteiger partial charge in [0.1, 0.15) is 0 Å². The number of carbonyl (C=O) groups is 1. The van der Waals surface area contributed by atoms with E-state index < -0.39 is 12.0 Å². The summed E-state index contributed by atoms with van der Waals surface area (Å²) < 4.78 is 0. The molecule has 0 spiro atoms. The summed E-state index contributed by atoms with van der Waals surface area (Å²) in [5.74, 6) is -1.29. The van der Waals surface area contributed by atoms with Crippen LogP contribution in [0.1, 0.15) is 11.6 Å². The monoisotopic (exact) mass is 207 g/mol. The number of rotatable bonds is 2. The summed E-state index contributed by atoms with van der Waals surface area (Å²) in [4.78, 5) is 10.3. The molecule has 1 unspecified atom stereocenters. The molecule has 13 heavy (non-hydrogen) atoms. The second kappa shape index (κ2) is 5.62. The third-order valence-corrected chi connectivity index (χ3v) is 1.74. The van der Waals surface area contributed by atoms with E-state index in [-0.39, 0.29) is 29.6 Å². The number of nitrogens with two attached hydrogens (primary N) is 1. The number of hydrogen-bond acceptors (Lipinski definition) is 3. The molecule has 0 radical (unpaired) electrons. The van der Waals surface area contributed by atoms with Gasteiger partial charge in [-0.2, -0.15) is 0 Å². The van der Waals surface area contributed by atoms with Crippen LogP contribution in [0.5, 0.6) is 0 Å². The molecule has 1 atom stereocenters. The smallest absolute Gasteiger partial charge is 0.548 e. The van der Waals surface area contributed by atoms with Gasteiger partial charge >= 0.3 is 29.6 Å². The summed E-state index contributed by atoms with van der Waals surface area (Å²) in [6.45, 7) is 0. The molecule has 0 aliphatic rings. The summed E-state index contributed by atoms with van der Waals surface area (Å²) in [5, 5.41) is 10.9. The first-order valence-electron chi connectivity index (χ1n) is 3.33. The Morgan fingerprint density at radius 2 is 1.85 bits per heavy atom. The van der Waals surface area contributed by atoms with Crippen molar-refractivity contribution in [1.29, 1.82) is 0 Å². The van der Waals surface area contributed by atoms with Gasteiger partial charge < -0.3 is 15.6 Å². The number of hydrogen-bond donors (Lipinski definition) is 1. The maximum Gasteiger partial charge on any atom is 1.00 e. The predicted molar refractivity (Wildman–Crippen MR) is 43.4 cm³/mol.